The lowest BCUT2D eigenvalue weighted by atomic mass is 10.2. The predicted octanol–water partition coefficient (Wildman–Crippen LogP) is 2.46. The molecule has 1 rings (SSSR count). The fourth-order valence-electron chi connectivity index (χ4n) is 1.10. The number of nitriles is 1. The van der Waals surface area contributed by atoms with Crippen LogP contribution in [0.4, 0.5) is 4.39 Å². The summed E-state index contributed by atoms with van der Waals surface area (Å²) < 4.78 is 13.1. The van der Waals surface area contributed by atoms with Gasteiger partial charge in [0.25, 0.3) is 5.91 Å². The molecule has 0 saturated carbocycles. The SMILES string of the molecule is CC(C#N)N(C)C(=O)c1ccc(Cl)c(F)c1. The maximum Gasteiger partial charge on any atom is 0.254 e. The molecule has 1 amide bonds. The molecule has 0 radical (unpaired) electrons. The van der Waals surface area contributed by atoms with Crippen molar-refractivity contribution in [3.63, 3.8) is 0 Å². The Labute approximate surface area is 98.0 Å². The van der Waals surface area contributed by atoms with Crippen molar-refractivity contribution >= 4 is 17.5 Å². The summed E-state index contributed by atoms with van der Waals surface area (Å²) in [4.78, 5) is 13.0. The lowest BCUT2D eigenvalue weighted by Gasteiger charge is -2.19. The van der Waals surface area contributed by atoms with Crippen LogP contribution in [-0.2, 0) is 0 Å². The van der Waals surface area contributed by atoms with Crippen molar-refractivity contribution in [2.24, 2.45) is 0 Å². The van der Waals surface area contributed by atoms with Crippen LogP contribution in [0.15, 0.2) is 18.2 Å². The van der Waals surface area contributed by atoms with E-state index in [0.29, 0.717) is 0 Å². The van der Waals surface area contributed by atoms with Gasteiger partial charge in [-0.05, 0) is 25.1 Å². The van der Waals surface area contributed by atoms with E-state index in [2.05, 4.69) is 0 Å². The molecule has 0 fully saturated rings. The second-order valence-electron chi connectivity index (χ2n) is 3.35. The van der Waals surface area contributed by atoms with E-state index in [9.17, 15) is 9.18 Å². The van der Waals surface area contributed by atoms with Gasteiger partial charge in [0.2, 0.25) is 0 Å². The van der Waals surface area contributed by atoms with Gasteiger partial charge in [0.1, 0.15) is 11.9 Å². The smallest absolute Gasteiger partial charge is 0.254 e. The first-order valence-corrected chi connectivity index (χ1v) is 4.97. The van der Waals surface area contributed by atoms with E-state index in [1.165, 1.54) is 24.1 Å². The molecular formula is C11H10ClFN2O. The van der Waals surface area contributed by atoms with Crippen LogP contribution in [0.3, 0.4) is 0 Å². The number of nitrogens with zero attached hydrogens (tertiary/aromatic N) is 2. The minimum atomic E-state index is -0.648. The summed E-state index contributed by atoms with van der Waals surface area (Å²) >= 11 is 5.50. The van der Waals surface area contributed by atoms with Gasteiger partial charge >= 0.3 is 0 Å². The summed E-state index contributed by atoms with van der Waals surface area (Å²) in [6.45, 7) is 1.59. The van der Waals surface area contributed by atoms with Crippen LogP contribution in [0.1, 0.15) is 17.3 Å². The monoisotopic (exact) mass is 240 g/mol. The van der Waals surface area contributed by atoms with E-state index >= 15 is 0 Å². The van der Waals surface area contributed by atoms with Crippen molar-refractivity contribution < 1.29 is 9.18 Å². The molecule has 5 heteroatoms. The maximum atomic E-state index is 13.1. The number of benzene rings is 1. The zero-order valence-corrected chi connectivity index (χ0v) is 9.62. The van der Waals surface area contributed by atoms with Crippen LogP contribution in [0, 0.1) is 17.1 Å². The third kappa shape index (κ3) is 2.50. The van der Waals surface area contributed by atoms with Crippen molar-refractivity contribution in [3.8, 4) is 6.07 Å². The Morgan fingerprint density at radius 1 is 1.62 bits per heavy atom. The Balaban J connectivity index is 2.98. The van der Waals surface area contributed by atoms with Crippen molar-refractivity contribution in [2.75, 3.05) is 7.05 Å². The molecule has 0 aliphatic rings. The fourth-order valence-corrected chi connectivity index (χ4v) is 1.21. The Kier molecular flexibility index (Phi) is 3.86. The Morgan fingerprint density at radius 3 is 2.75 bits per heavy atom. The van der Waals surface area contributed by atoms with E-state index in [4.69, 9.17) is 16.9 Å². The van der Waals surface area contributed by atoms with Crippen molar-refractivity contribution in [1.82, 2.24) is 4.90 Å². The van der Waals surface area contributed by atoms with Crippen LogP contribution < -0.4 is 0 Å². The third-order valence-electron chi connectivity index (χ3n) is 2.25. The van der Waals surface area contributed by atoms with Crippen LogP contribution in [0.5, 0.6) is 0 Å². The zero-order chi connectivity index (χ0) is 12.3. The lowest BCUT2D eigenvalue weighted by molar-refractivity contribution is 0.0772. The zero-order valence-electron chi connectivity index (χ0n) is 8.87. The molecule has 0 spiro atoms. The van der Waals surface area contributed by atoms with Gasteiger partial charge in [-0.15, -0.1) is 0 Å². The second-order valence-corrected chi connectivity index (χ2v) is 3.76. The van der Waals surface area contributed by atoms with Gasteiger partial charge in [-0.25, -0.2) is 4.39 Å². The number of carbonyl (C=O) groups is 1. The average Bonchev–Trinajstić information content (AvgIpc) is 2.29. The predicted molar refractivity (Wildman–Crippen MR) is 58.6 cm³/mol. The first-order chi connectivity index (χ1) is 7.47. The molecule has 0 saturated heterocycles. The highest BCUT2D eigenvalue weighted by atomic mass is 35.5. The van der Waals surface area contributed by atoms with Crippen LogP contribution >= 0.6 is 11.6 Å². The summed E-state index contributed by atoms with van der Waals surface area (Å²) in [5, 5.41) is 8.63. The molecule has 0 aromatic heterocycles. The van der Waals surface area contributed by atoms with Gasteiger partial charge in [-0.3, -0.25) is 4.79 Å². The Morgan fingerprint density at radius 2 is 2.25 bits per heavy atom. The van der Waals surface area contributed by atoms with Crippen LogP contribution in [0.2, 0.25) is 5.02 Å². The van der Waals surface area contributed by atoms with Crippen LogP contribution in [0.25, 0.3) is 0 Å². The minimum absolute atomic E-state index is 0.0347. The van der Waals surface area contributed by atoms with Gasteiger partial charge in [-0.1, -0.05) is 11.6 Å². The molecule has 84 valence electrons. The van der Waals surface area contributed by atoms with Gasteiger partial charge in [0.05, 0.1) is 11.1 Å². The molecular weight excluding hydrogens is 231 g/mol. The first-order valence-electron chi connectivity index (χ1n) is 4.59. The number of carbonyl (C=O) groups excluding carboxylic acids is 1. The summed E-state index contributed by atoms with van der Waals surface area (Å²) in [5.74, 6) is -1.06. The Hall–Kier alpha value is -1.60. The van der Waals surface area contributed by atoms with E-state index in [-0.39, 0.29) is 10.6 Å². The normalized spacial score (nSPS) is 11.7. The lowest BCUT2D eigenvalue weighted by Crippen LogP contribution is -2.34. The molecule has 0 N–H and O–H groups in total. The molecule has 1 unspecified atom stereocenters. The van der Waals surface area contributed by atoms with Gasteiger partial charge < -0.3 is 4.90 Å². The Bertz CT molecular complexity index is 456. The molecule has 0 aliphatic heterocycles. The maximum absolute atomic E-state index is 13.1. The number of amides is 1. The number of hydrogen-bond donors (Lipinski definition) is 0. The molecule has 0 aliphatic carbocycles. The highest BCUT2D eigenvalue weighted by molar-refractivity contribution is 6.30. The molecule has 0 bridgehead atoms. The minimum Gasteiger partial charge on any atom is -0.326 e. The summed E-state index contributed by atoms with van der Waals surface area (Å²) in [6, 6.07) is 5.16. The highest BCUT2D eigenvalue weighted by Crippen LogP contribution is 2.16. The van der Waals surface area contributed by atoms with E-state index in [1.807, 2.05) is 6.07 Å². The van der Waals surface area contributed by atoms with E-state index in [1.54, 1.807) is 6.92 Å². The quantitative estimate of drug-likeness (QED) is 0.797. The first kappa shape index (κ1) is 12.5. The van der Waals surface area contributed by atoms with E-state index < -0.39 is 17.8 Å². The van der Waals surface area contributed by atoms with Gasteiger partial charge in [0.15, 0.2) is 0 Å². The van der Waals surface area contributed by atoms with Crippen LogP contribution in [-0.4, -0.2) is 23.9 Å². The highest BCUT2D eigenvalue weighted by Gasteiger charge is 2.17. The second kappa shape index (κ2) is 4.95. The number of halogens is 2. The standard InChI is InChI=1S/C11H10ClFN2O/c1-7(6-14)15(2)11(16)8-3-4-9(12)10(13)5-8/h3-5,7H,1-2H3. The van der Waals surface area contributed by atoms with Crippen molar-refractivity contribution in [3.05, 3.63) is 34.6 Å². The summed E-state index contributed by atoms with van der Waals surface area (Å²) in [6.07, 6.45) is 0. The van der Waals surface area contributed by atoms with Gasteiger partial charge in [-0.2, -0.15) is 5.26 Å². The summed E-state index contributed by atoms with van der Waals surface area (Å²) in [5.41, 5.74) is 0.173. The number of rotatable bonds is 2. The molecule has 1 aromatic carbocycles. The molecule has 0 heterocycles. The van der Waals surface area contributed by atoms with Crippen molar-refractivity contribution in [2.45, 2.75) is 13.0 Å². The topological polar surface area (TPSA) is 44.1 Å². The van der Waals surface area contributed by atoms with Gasteiger partial charge in [0, 0.05) is 12.6 Å². The number of hydrogen-bond acceptors (Lipinski definition) is 2. The largest absolute Gasteiger partial charge is 0.326 e. The van der Waals surface area contributed by atoms with Crippen molar-refractivity contribution in [1.29, 1.82) is 5.26 Å². The third-order valence-corrected chi connectivity index (χ3v) is 2.56. The fraction of sp³-hybridized carbons (Fsp3) is 0.273. The van der Waals surface area contributed by atoms with E-state index in [0.717, 1.165) is 6.07 Å². The molecule has 1 atom stereocenters. The molecule has 16 heavy (non-hydrogen) atoms. The average molecular weight is 241 g/mol. The molecule has 1 aromatic rings. The molecule has 3 nitrogen and oxygen atoms in total. The summed E-state index contributed by atoms with van der Waals surface area (Å²) in [7, 11) is 1.49.